The molecule has 10 heteroatoms. The summed E-state index contributed by atoms with van der Waals surface area (Å²) in [5.74, 6) is -1.24. The standard InChI is InChI=1S/C23H19N5O4S/c1-2-32-23(31)13-5-7-14(8-6-13)28-18(29)9-17(22(28)30)33-21-16(11-25)19(12-3-4-12)15(10-24)20(26)27-21/h5-8,12,17H,2-4,9H2,1H3,(H2,26,27)/t17-/m0/s1. The molecule has 1 saturated carbocycles. The lowest BCUT2D eigenvalue weighted by molar-refractivity contribution is -0.121. The van der Waals surface area contributed by atoms with Gasteiger partial charge in [-0.3, -0.25) is 9.59 Å². The van der Waals surface area contributed by atoms with E-state index in [1.54, 1.807) is 6.92 Å². The van der Waals surface area contributed by atoms with E-state index in [-0.39, 0.29) is 40.9 Å². The fourth-order valence-corrected chi connectivity index (χ4v) is 4.88. The average Bonchev–Trinajstić information content (AvgIpc) is 3.60. The van der Waals surface area contributed by atoms with Gasteiger partial charge in [0.25, 0.3) is 0 Å². The number of imide groups is 1. The topological polar surface area (TPSA) is 150 Å². The van der Waals surface area contributed by atoms with E-state index in [0.717, 1.165) is 29.5 Å². The van der Waals surface area contributed by atoms with Crippen LogP contribution in [0.4, 0.5) is 11.5 Å². The molecule has 1 aromatic heterocycles. The van der Waals surface area contributed by atoms with E-state index in [2.05, 4.69) is 11.1 Å². The zero-order chi connectivity index (χ0) is 23.7. The summed E-state index contributed by atoms with van der Waals surface area (Å²) >= 11 is 1.01. The van der Waals surface area contributed by atoms with Gasteiger partial charge in [0.1, 0.15) is 23.0 Å². The maximum Gasteiger partial charge on any atom is 0.338 e. The molecule has 9 nitrogen and oxygen atoms in total. The predicted molar refractivity (Wildman–Crippen MR) is 119 cm³/mol. The molecular weight excluding hydrogens is 442 g/mol. The van der Waals surface area contributed by atoms with Crippen LogP contribution in [0.3, 0.4) is 0 Å². The summed E-state index contributed by atoms with van der Waals surface area (Å²) < 4.78 is 4.94. The second-order valence-corrected chi connectivity index (χ2v) is 8.80. The smallest absolute Gasteiger partial charge is 0.338 e. The minimum atomic E-state index is -0.791. The number of carbonyl (C=O) groups excluding carboxylic acids is 3. The minimum absolute atomic E-state index is 0.0177. The van der Waals surface area contributed by atoms with Crippen molar-refractivity contribution in [2.24, 2.45) is 0 Å². The van der Waals surface area contributed by atoms with Gasteiger partial charge in [-0.1, -0.05) is 11.8 Å². The summed E-state index contributed by atoms with van der Waals surface area (Å²) in [4.78, 5) is 42.9. The number of aromatic nitrogens is 1. The summed E-state index contributed by atoms with van der Waals surface area (Å²) in [5, 5.41) is 18.7. The van der Waals surface area contributed by atoms with Crippen molar-refractivity contribution in [3.05, 3.63) is 46.5 Å². The normalized spacial score (nSPS) is 17.5. The van der Waals surface area contributed by atoms with E-state index in [4.69, 9.17) is 10.5 Å². The van der Waals surface area contributed by atoms with Crippen LogP contribution in [0.2, 0.25) is 0 Å². The van der Waals surface area contributed by atoms with Crippen molar-refractivity contribution < 1.29 is 19.1 Å². The van der Waals surface area contributed by atoms with Crippen LogP contribution in [-0.2, 0) is 14.3 Å². The van der Waals surface area contributed by atoms with Gasteiger partial charge in [0.2, 0.25) is 11.8 Å². The van der Waals surface area contributed by atoms with E-state index < -0.39 is 23.0 Å². The zero-order valence-electron chi connectivity index (χ0n) is 17.7. The highest BCUT2D eigenvalue weighted by molar-refractivity contribution is 8.00. The molecule has 2 heterocycles. The summed E-state index contributed by atoms with van der Waals surface area (Å²) in [5.41, 5.74) is 7.66. The molecule has 2 N–H and O–H groups in total. The van der Waals surface area contributed by atoms with Crippen molar-refractivity contribution in [3.8, 4) is 12.1 Å². The van der Waals surface area contributed by atoms with Gasteiger partial charge in [-0.05, 0) is 55.5 Å². The molecule has 2 amide bonds. The molecule has 166 valence electrons. The number of amides is 2. The Morgan fingerprint density at radius 2 is 1.88 bits per heavy atom. The van der Waals surface area contributed by atoms with Gasteiger partial charge >= 0.3 is 5.97 Å². The number of thioether (sulfide) groups is 1. The predicted octanol–water partition coefficient (Wildman–Crippen LogP) is 2.89. The summed E-state index contributed by atoms with van der Waals surface area (Å²) in [6, 6.07) is 10.2. The fraction of sp³-hybridized carbons (Fsp3) is 0.304. The Morgan fingerprint density at radius 1 is 1.21 bits per heavy atom. The van der Waals surface area contributed by atoms with Crippen LogP contribution in [-0.4, -0.2) is 34.6 Å². The lowest BCUT2D eigenvalue weighted by Crippen LogP contribution is -2.31. The Bertz CT molecular complexity index is 1240. The molecule has 2 aliphatic rings. The first kappa shape index (κ1) is 22.3. The molecule has 1 aromatic carbocycles. The van der Waals surface area contributed by atoms with Crippen LogP contribution in [0.5, 0.6) is 0 Å². The highest BCUT2D eigenvalue weighted by Crippen LogP contribution is 2.46. The first-order chi connectivity index (χ1) is 15.9. The molecule has 0 spiro atoms. The van der Waals surface area contributed by atoms with Gasteiger partial charge in [0, 0.05) is 6.42 Å². The van der Waals surface area contributed by atoms with Crippen molar-refractivity contribution in [2.45, 2.75) is 42.4 Å². The quantitative estimate of drug-likeness (QED) is 0.506. The summed E-state index contributed by atoms with van der Waals surface area (Å²) in [7, 11) is 0. The number of hydrogen-bond acceptors (Lipinski definition) is 9. The van der Waals surface area contributed by atoms with Crippen molar-refractivity contribution in [1.29, 1.82) is 10.5 Å². The van der Waals surface area contributed by atoms with Crippen LogP contribution < -0.4 is 10.6 Å². The third-order valence-electron chi connectivity index (χ3n) is 5.44. The largest absolute Gasteiger partial charge is 0.462 e. The van der Waals surface area contributed by atoms with E-state index in [9.17, 15) is 24.9 Å². The molecule has 1 aliphatic carbocycles. The number of hydrogen-bond donors (Lipinski definition) is 1. The molecule has 1 atom stereocenters. The lowest BCUT2D eigenvalue weighted by atomic mass is 10.0. The average molecular weight is 462 g/mol. The maximum atomic E-state index is 13.1. The number of rotatable bonds is 6. The van der Waals surface area contributed by atoms with Crippen LogP contribution in [0.1, 0.15) is 59.2 Å². The minimum Gasteiger partial charge on any atom is -0.462 e. The Balaban J connectivity index is 1.60. The van der Waals surface area contributed by atoms with E-state index >= 15 is 0 Å². The first-order valence-electron chi connectivity index (χ1n) is 10.3. The number of nitriles is 2. The Kier molecular flexibility index (Phi) is 6.03. The first-order valence-corrected chi connectivity index (χ1v) is 11.2. The molecule has 1 saturated heterocycles. The van der Waals surface area contributed by atoms with Gasteiger partial charge in [-0.25, -0.2) is 14.7 Å². The molecule has 33 heavy (non-hydrogen) atoms. The molecule has 2 aromatic rings. The SMILES string of the molecule is CCOC(=O)c1ccc(N2C(=O)C[C@H](Sc3nc(N)c(C#N)c(C4CC4)c3C#N)C2=O)cc1. The highest BCUT2D eigenvalue weighted by Gasteiger charge is 2.42. The summed E-state index contributed by atoms with van der Waals surface area (Å²) in [6.45, 7) is 1.94. The monoisotopic (exact) mass is 461 g/mol. The van der Waals surface area contributed by atoms with Crippen LogP contribution >= 0.6 is 11.8 Å². The third-order valence-corrected chi connectivity index (χ3v) is 6.61. The number of nitrogens with two attached hydrogens (primary N) is 1. The van der Waals surface area contributed by atoms with Crippen molar-refractivity contribution in [1.82, 2.24) is 4.98 Å². The number of nitrogens with zero attached hydrogens (tertiary/aromatic N) is 4. The third kappa shape index (κ3) is 4.13. The zero-order valence-corrected chi connectivity index (χ0v) is 18.5. The number of benzene rings is 1. The number of anilines is 2. The molecule has 0 radical (unpaired) electrons. The van der Waals surface area contributed by atoms with Gasteiger partial charge in [-0.15, -0.1) is 0 Å². The number of carbonyl (C=O) groups is 3. The molecule has 0 unspecified atom stereocenters. The number of esters is 1. The fourth-order valence-electron chi connectivity index (χ4n) is 3.75. The molecular formula is C23H19N5O4S. The van der Waals surface area contributed by atoms with Crippen molar-refractivity contribution >= 4 is 41.1 Å². The van der Waals surface area contributed by atoms with E-state index in [1.807, 2.05) is 6.07 Å². The number of ether oxygens (including phenoxy) is 1. The summed E-state index contributed by atoms with van der Waals surface area (Å²) in [6.07, 6.45) is 1.63. The van der Waals surface area contributed by atoms with Gasteiger partial charge in [-0.2, -0.15) is 10.5 Å². The Morgan fingerprint density at radius 3 is 2.45 bits per heavy atom. The van der Waals surface area contributed by atoms with E-state index in [0.29, 0.717) is 16.8 Å². The second-order valence-electron chi connectivity index (χ2n) is 7.61. The van der Waals surface area contributed by atoms with Crippen LogP contribution in [0.15, 0.2) is 29.3 Å². The van der Waals surface area contributed by atoms with Crippen LogP contribution in [0.25, 0.3) is 0 Å². The molecule has 0 bridgehead atoms. The maximum absolute atomic E-state index is 13.1. The van der Waals surface area contributed by atoms with Gasteiger partial charge in [0.15, 0.2) is 0 Å². The van der Waals surface area contributed by atoms with E-state index in [1.165, 1.54) is 24.3 Å². The number of nitrogen functional groups attached to an aromatic ring is 1. The molecule has 4 rings (SSSR count). The highest BCUT2D eigenvalue weighted by atomic mass is 32.2. The Labute approximate surface area is 194 Å². The van der Waals surface area contributed by atoms with Crippen LogP contribution in [0, 0.1) is 22.7 Å². The molecule has 2 fully saturated rings. The van der Waals surface area contributed by atoms with Crippen molar-refractivity contribution in [3.63, 3.8) is 0 Å². The Hall–Kier alpha value is -3.89. The lowest BCUT2D eigenvalue weighted by Gasteiger charge is -2.16. The molecule has 1 aliphatic heterocycles. The second kappa shape index (κ2) is 8.93. The number of pyridine rings is 1. The van der Waals surface area contributed by atoms with Gasteiger partial charge < -0.3 is 10.5 Å². The van der Waals surface area contributed by atoms with Gasteiger partial charge in [0.05, 0.1) is 34.2 Å². The van der Waals surface area contributed by atoms with Crippen molar-refractivity contribution in [2.75, 3.05) is 17.2 Å².